The van der Waals surface area contributed by atoms with Crippen molar-refractivity contribution in [1.82, 2.24) is 4.98 Å². The van der Waals surface area contributed by atoms with Gasteiger partial charge in [0.05, 0.1) is 18.2 Å². The molecular formula is C16H20N2O. The van der Waals surface area contributed by atoms with Crippen molar-refractivity contribution in [1.29, 1.82) is 0 Å². The van der Waals surface area contributed by atoms with Crippen molar-refractivity contribution in [2.24, 2.45) is 0 Å². The topological polar surface area (TPSA) is 34.2 Å². The van der Waals surface area contributed by atoms with Crippen LogP contribution in [0.2, 0.25) is 0 Å². The van der Waals surface area contributed by atoms with E-state index < -0.39 is 0 Å². The minimum atomic E-state index is 0.459. The zero-order chi connectivity index (χ0) is 13.1. The van der Waals surface area contributed by atoms with Gasteiger partial charge in [-0.15, -0.1) is 0 Å². The molecule has 0 bridgehead atoms. The molecule has 1 aliphatic rings. The van der Waals surface area contributed by atoms with Gasteiger partial charge in [0.15, 0.2) is 0 Å². The van der Waals surface area contributed by atoms with E-state index in [0.29, 0.717) is 12.7 Å². The highest BCUT2D eigenvalue weighted by molar-refractivity contribution is 5.81. The third kappa shape index (κ3) is 2.71. The molecule has 0 aliphatic heterocycles. The summed E-state index contributed by atoms with van der Waals surface area (Å²) in [6.07, 6.45) is 4.18. The summed E-state index contributed by atoms with van der Waals surface area (Å²) in [7, 11) is 0. The fourth-order valence-electron chi connectivity index (χ4n) is 2.34. The maximum absolute atomic E-state index is 5.92. The fraction of sp³-hybridized carbons (Fsp3) is 0.438. The van der Waals surface area contributed by atoms with E-state index in [2.05, 4.69) is 24.4 Å². The van der Waals surface area contributed by atoms with Crippen molar-refractivity contribution in [3.8, 4) is 0 Å². The van der Waals surface area contributed by atoms with Crippen molar-refractivity contribution in [3.05, 3.63) is 35.9 Å². The van der Waals surface area contributed by atoms with Gasteiger partial charge in [0, 0.05) is 17.5 Å². The van der Waals surface area contributed by atoms with Crippen molar-refractivity contribution in [2.75, 3.05) is 11.9 Å². The van der Waals surface area contributed by atoms with Crippen LogP contribution in [0.4, 0.5) is 5.82 Å². The molecule has 0 saturated heterocycles. The van der Waals surface area contributed by atoms with Crippen molar-refractivity contribution < 1.29 is 4.74 Å². The number of aromatic nitrogens is 1. The van der Waals surface area contributed by atoms with E-state index in [1.165, 1.54) is 24.6 Å². The molecule has 3 heteroatoms. The lowest BCUT2D eigenvalue weighted by Gasteiger charge is -2.26. The van der Waals surface area contributed by atoms with Gasteiger partial charge in [0.25, 0.3) is 0 Å². The van der Waals surface area contributed by atoms with Gasteiger partial charge in [0.2, 0.25) is 0 Å². The number of pyridine rings is 1. The lowest BCUT2D eigenvalue weighted by atomic mass is 9.96. The van der Waals surface area contributed by atoms with Gasteiger partial charge in [-0.25, -0.2) is 4.98 Å². The minimum absolute atomic E-state index is 0.459. The maximum atomic E-state index is 5.92. The molecule has 3 nitrogen and oxygen atoms in total. The van der Waals surface area contributed by atoms with E-state index in [4.69, 9.17) is 9.72 Å². The van der Waals surface area contributed by atoms with Crippen molar-refractivity contribution in [2.45, 2.75) is 38.9 Å². The molecular weight excluding hydrogens is 236 g/mol. The average molecular weight is 256 g/mol. The lowest BCUT2D eigenvalue weighted by Crippen LogP contribution is -2.21. The Morgan fingerprint density at radius 2 is 2.16 bits per heavy atom. The molecule has 1 saturated carbocycles. The summed E-state index contributed by atoms with van der Waals surface area (Å²) >= 11 is 0. The zero-order valence-corrected chi connectivity index (χ0v) is 11.4. The predicted molar refractivity (Wildman–Crippen MR) is 78.3 cm³/mol. The summed E-state index contributed by atoms with van der Waals surface area (Å²) in [5.74, 6) is 0.959. The molecule has 1 aliphatic carbocycles. The Morgan fingerprint density at radius 3 is 2.89 bits per heavy atom. The molecule has 0 atom stereocenters. The van der Waals surface area contributed by atoms with Crippen LogP contribution in [0.3, 0.4) is 0 Å². The highest BCUT2D eigenvalue weighted by Gasteiger charge is 2.18. The highest BCUT2D eigenvalue weighted by atomic mass is 16.5. The summed E-state index contributed by atoms with van der Waals surface area (Å²) in [5, 5.41) is 4.51. The average Bonchev–Trinajstić information content (AvgIpc) is 2.37. The third-order valence-corrected chi connectivity index (χ3v) is 3.67. The van der Waals surface area contributed by atoms with Crippen LogP contribution in [0.25, 0.3) is 10.9 Å². The molecule has 1 fully saturated rings. The van der Waals surface area contributed by atoms with E-state index in [-0.39, 0.29) is 0 Å². The first kappa shape index (κ1) is 12.4. The predicted octanol–water partition coefficient (Wildman–Crippen LogP) is 3.74. The number of anilines is 1. The van der Waals surface area contributed by atoms with E-state index in [0.717, 1.165) is 23.4 Å². The van der Waals surface area contributed by atoms with Crippen molar-refractivity contribution >= 4 is 16.7 Å². The monoisotopic (exact) mass is 256 g/mol. The van der Waals surface area contributed by atoms with Gasteiger partial charge < -0.3 is 10.1 Å². The second-order valence-electron chi connectivity index (χ2n) is 5.08. The number of fused-ring (bicyclic) bond motifs is 1. The summed E-state index contributed by atoms with van der Waals surface area (Å²) < 4.78 is 5.92. The molecule has 1 aromatic carbocycles. The molecule has 2 aromatic rings. The smallest absolute Gasteiger partial charge is 0.132 e. The van der Waals surface area contributed by atoms with Gasteiger partial charge in [-0.3, -0.25) is 0 Å². The first-order chi connectivity index (χ1) is 9.36. The van der Waals surface area contributed by atoms with E-state index in [1.807, 2.05) is 18.2 Å². The minimum Gasteiger partial charge on any atom is -0.373 e. The highest BCUT2D eigenvalue weighted by Crippen LogP contribution is 2.26. The van der Waals surface area contributed by atoms with Crippen LogP contribution < -0.4 is 5.32 Å². The largest absolute Gasteiger partial charge is 0.373 e. The fourth-order valence-corrected chi connectivity index (χ4v) is 2.34. The Kier molecular flexibility index (Phi) is 3.65. The van der Waals surface area contributed by atoms with Crippen LogP contribution in [-0.2, 0) is 11.3 Å². The number of nitrogens with one attached hydrogen (secondary N) is 1. The Bertz CT molecular complexity index is 564. The zero-order valence-electron chi connectivity index (χ0n) is 11.4. The second-order valence-corrected chi connectivity index (χ2v) is 5.08. The standard InChI is InChI=1S/C16H20N2O/c1-2-17-16-13(11-19-14-7-5-8-14)10-12-6-3-4-9-15(12)18-16/h3-4,6,9-10,14H,2,5,7-8,11H2,1H3,(H,17,18). The third-order valence-electron chi connectivity index (χ3n) is 3.67. The number of ether oxygens (including phenoxy) is 1. The van der Waals surface area contributed by atoms with Gasteiger partial charge in [-0.05, 0) is 38.3 Å². The van der Waals surface area contributed by atoms with Gasteiger partial charge >= 0.3 is 0 Å². The molecule has 1 heterocycles. The van der Waals surface area contributed by atoms with Crippen LogP contribution in [0, 0.1) is 0 Å². The van der Waals surface area contributed by atoms with Gasteiger partial charge in [0.1, 0.15) is 5.82 Å². The van der Waals surface area contributed by atoms with E-state index >= 15 is 0 Å². The van der Waals surface area contributed by atoms with E-state index in [9.17, 15) is 0 Å². The number of rotatable bonds is 5. The first-order valence-corrected chi connectivity index (χ1v) is 7.11. The molecule has 0 radical (unpaired) electrons. The molecule has 0 amide bonds. The first-order valence-electron chi connectivity index (χ1n) is 7.11. The molecule has 1 aromatic heterocycles. The Morgan fingerprint density at radius 1 is 1.32 bits per heavy atom. The Balaban J connectivity index is 1.87. The Labute approximate surface area is 114 Å². The maximum Gasteiger partial charge on any atom is 0.132 e. The van der Waals surface area contributed by atoms with Crippen LogP contribution in [0.1, 0.15) is 31.7 Å². The van der Waals surface area contributed by atoms with Crippen LogP contribution in [0.15, 0.2) is 30.3 Å². The summed E-state index contributed by atoms with van der Waals surface area (Å²) in [5.41, 5.74) is 2.19. The SMILES string of the molecule is CCNc1nc2ccccc2cc1COC1CCC1. The molecule has 0 unspecified atom stereocenters. The number of nitrogens with zero attached hydrogens (tertiary/aromatic N) is 1. The number of hydrogen-bond donors (Lipinski definition) is 1. The summed E-state index contributed by atoms with van der Waals surface area (Å²) in [6, 6.07) is 10.4. The lowest BCUT2D eigenvalue weighted by molar-refractivity contribution is -0.00847. The molecule has 19 heavy (non-hydrogen) atoms. The number of para-hydroxylation sites is 1. The quantitative estimate of drug-likeness (QED) is 0.885. The van der Waals surface area contributed by atoms with Crippen molar-refractivity contribution in [3.63, 3.8) is 0 Å². The molecule has 100 valence electrons. The second kappa shape index (κ2) is 5.57. The Hall–Kier alpha value is -1.61. The van der Waals surface area contributed by atoms with E-state index in [1.54, 1.807) is 0 Å². The van der Waals surface area contributed by atoms with Gasteiger partial charge in [-0.2, -0.15) is 0 Å². The molecule has 1 N–H and O–H groups in total. The summed E-state index contributed by atoms with van der Waals surface area (Å²) in [4.78, 5) is 4.70. The number of hydrogen-bond acceptors (Lipinski definition) is 3. The molecule has 3 rings (SSSR count). The number of benzene rings is 1. The van der Waals surface area contributed by atoms with Crippen LogP contribution >= 0.6 is 0 Å². The van der Waals surface area contributed by atoms with Crippen LogP contribution in [-0.4, -0.2) is 17.6 Å². The molecule has 0 spiro atoms. The summed E-state index contributed by atoms with van der Waals surface area (Å²) in [6.45, 7) is 3.63. The normalized spacial score (nSPS) is 15.4. The van der Waals surface area contributed by atoms with Crippen LogP contribution in [0.5, 0.6) is 0 Å². The van der Waals surface area contributed by atoms with Gasteiger partial charge in [-0.1, -0.05) is 18.2 Å².